The Morgan fingerprint density at radius 3 is 2.10 bits per heavy atom. The standard InChI is InChI=1S/C35H39Cl2N5O7S2/c1-3-49-30-22-28(51(47,48)41-16-4-5-17-41)14-15-29(30)34-38-32(24-6-10-26(36)11-7-24)33(25-8-12-27(37)13-9-25)42(34)35(44)40-19-18-39(31(43)23-40)20-21-50(2,45)46/h6-15,22,32-33H,3-5,16-21,23H2,1-2H3/t32-,33+/m0/s1. The Morgan fingerprint density at radius 1 is 0.882 bits per heavy atom. The molecule has 3 aliphatic rings. The third-order valence-electron chi connectivity index (χ3n) is 9.21. The molecule has 0 N–H and O–H groups in total. The van der Waals surface area contributed by atoms with Crippen molar-refractivity contribution in [2.45, 2.75) is 36.7 Å². The highest BCUT2D eigenvalue weighted by Crippen LogP contribution is 2.46. The number of halogens is 2. The van der Waals surface area contributed by atoms with Gasteiger partial charge in [-0.25, -0.2) is 21.6 Å². The van der Waals surface area contributed by atoms with Crippen LogP contribution in [0.2, 0.25) is 10.0 Å². The average molecular weight is 777 g/mol. The number of hydrogen-bond acceptors (Lipinski definition) is 8. The van der Waals surface area contributed by atoms with E-state index >= 15 is 0 Å². The number of rotatable bonds is 10. The lowest BCUT2D eigenvalue weighted by molar-refractivity contribution is -0.134. The molecular weight excluding hydrogens is 737 g/mol. The van der Waals surface area contributed by atoms with Gasteiger partial charge in [0.15, 0.2) is 0 Å². The second-order valence-electron chi connectivity index (χ2n) is 12.7. The third-order valence-corrected chi connectivity index (χ3v) is 12.5. The van der Waals surface area contributed by atoms with E-state index in [1.165, 1.54) is 31.1 Å². The smallest absolute Gasteiger partial charge is 0.326 e. The summed E-state index contributed by atoms with van der Waals surface area (Å²) in [6.45, 7) is 2.95. The number of amidine groups is 1. The van der Waals surface area contributed by atoms with Crippen LogP contribution in [0.25, 0.3) is 0 Å². The summed E-state index contributed by atoms with van der Waals surface area (Å²) in [6, 6.07) is 17.0. The van der Waals surface area contributed by atoms with Crippen LogP contribution in [-0.4, -0.2) is 111 Å². The molecule has 51 heavy (non-hydrogen) atoms. The second-order valence-corrected chi connectivity index (χ2v) is 17.8. The van der Waals surface area contributed by atoms with E-state index in [2.05, 4.69) is 0 Å². The van der Waals surface area contributed by atoms with Crippen LogP contribution in [0.4, 0.5) is 4.79 Å². The van der Waals surface area contributed by atoms with Gasteiger partial charge in [0.25, 0.3) is 0 Å². The predicted octanol–water partition coefficient (Wildman–Crippen LogP) is 5.03. The van der Waals surface area contributed by atoms with E-state index in [0.29, 0.717) is 28.7 Å². The first kappa shape index (κ1) is 37.1. The molecule has 3 amide bonds. The molecule has 0 saturated carbocycles. The maximum atomic E-state index is 14.8. The first-order valence-electron chi connectivity index (χ1n) is 16.7. The van der Waals surface area contributed by atoms with E-state index in [9.17, 15) is 26.4 Å². The molecule has 0 unspecified atom stereocenters. The lowest BCUT2D eigenvalue weighted by Crippen LogP contribution is -2.57. The number of hydrogen-bond donors (Lipinski definition) is 0. The highest BCUT2D eigenvalue weighted by molar-refractivity contribution is 7.90. The number of aliphatic imine (C=N–C) groups is 1. The summed E-state index contributed by atoms with van der Waals surface area (Å²) in [5, 5.41) is 1.03. The quantitative estimate of drug-likeness (QED) is 0.282. The molecule has 2 fully saturated rings. The van der Waals surface area contributed by atoms with E-state index in [1.807, 2.05) is 24.3 Å². The molecule has 3 aromatic rings. The van der Waals surface area contributed by atoms with Crippen molar-refractivity contribution in [1.82, 2.24) is 19.0 Å². The molecule has 3 aromatic carbocycles. The largest absolute Gasteiger partial charge is 0.493 e. The zero-order valence-corrected chi connectivity index (χ0v) is 31.4. The maximum Gasteiger partial charge on any atom is 0.326 e. The van der Waals surface area contributed by atoms with Crippen LogP contribution in [0.15, 0.2) is 76.6 Å². The van der Waals surface area contributed by atoms with Crippen molar-refractivity contribution in [3.63, 3.8) is 0 Å². The van der Waals surface area contributed by atoms with E-state index in [1.54, 1.807) is 37.3 Å². The second kappa shape index (κ2) is 15.1. The normalized spacial score (nSPS) is 20.2. The van der Waals surface area contributed by atoms with Gasteiger partial charge < -0.3 is 14.5 Å². The molecular formula is C35H39Cl2N5O7S2. The Bertz CT molecular complexity index is 2040. The van der Waals surface area contributed by atoms with Gasteiger partial charge in [0.1, 0.15) is 34.0 Å². The number of benzene rings is 3. The molecule has 272 valence electrons. The van der Waals surface area contributed by atoms with Crippen molar-refractivity contribution >= 4 is 60.8 Å². The Morgan fingerprint density at radius 2 is 1.51 bits per heavy atom. The molecule has 6 rings (SSSR count). The molecule has 0 radical (unpaired) electrons. The molecule has 3 aliphatic heterocycles. The number of ether oxygens (including phenoxy) is 1. The summed E-state index contributed by atoms with van der Waals surface area (Å²) < 4.78 is 58.2. The van der Waals surface area contributed by atoms with Gasteiger partial charge >= 0.3 is 6.03 Å². The lowest BCUT2D eigenvalue weighted by Gasteiger charge is -2.38. The lowest BCUT2D eigenvalue weighted by atomic mass is 9.93. The Kier molecular flexibility index (Phi) is 11.0. The maximum absolute atomic E-state index is 14.8. The number of urea groups is 1. The fourth-order valence-corrected chi connectivity index (χ4v) is 8.93. The third kappa shape index (κ3) is 8.05. The van der Waals surface area contributed by atoms with Gasteiger partial charge in [-0.05, 0) is 67.3 Å². The van der Waals surface area contributed by atoms with Gasteiger partial charge in [-0.3, -0.25) is 14.7 Å². The van der Waals surface area contributed by atoms with Gasteiger partial charge in [-0.15, -0.1) is 0 Å². The van der Waals surface area contributed by atoms with Crippen LogP contribution < -0.4 is 4.74 Å². The zero-order chi connectivity index (χ0) is 36.5. The number of sulfonamides is 1. The molecule has 2 atom stereocenters. The Balaban J connectivity index is 1.45. The molecule has 2 saturated heterocycles. The van der Waals surface area contributed by atoms with Crippen LogP contribution in [0.3, 0.4) is 0 Å². The van der Waals surface area contributed by atoms with Gasteiger partial charge in [0.2, 0.25) is 15.9 Å². The van der Waals surface area contributed by atoms with Crippen molar-refractivity contribution in [3.05, 3.63) is 93.5 Å². The van der Waals surface area contributed by atoms with Gasteiger partial charge in [0, 0.05) is 55.1 Å². The summed E-state index contributed by atoms with van der Waals surface area (Å²) in [5.41, 5.74) is 1.88. The monoisotopic (exact) mass is 775 g/mol. The van der Waals surface area contributed by atoms with Crippen molar-refractivity contribution < 1.29 is 31.2 Å². The SMILES string of the molecule is CCOc1cc(S(=O)(=O)N2CCCC2)ccc1C1=N[C@@H](c2ccc(Cl)cc2)[C@@H](c2ccc(Cl)cc2)N1C(=O)N1CCN(CCS(C)(=O)=O)C(=O)C1. The molecule has 0 aliphatic carbocycles. The van der Waals surface area contributed by atoms with Crippen molar-refractivity contribution in [2.75, 3.05) is 57.9 Å². The minimum atomic E-state index is -3.79. The highest BCUT2D eigenvalue weighted by atomic mass is 35.5. The molecule has 12 nitrogen and oxygen atoms in total. The van der Waals surface area contributed by atoms with Gasteiger partial charge in [0.05, 0.1) is 28.9 Å². The van der Waals surface area contributed by atoms with E-state index in [4.69, 9.17) is 32.9 Å². The fourth-order valence-electron chi connectivity index (χ4n) is 6.59. The Hall–Kier alpha value is -3.69. The van der Waals surface area contributed by atoms with Crippen LogP contribution >= 0.6 is 23.2 Å². The van der Waals surface area contributed by atoms with Crippen LogP contribution in [-0.2, 0) is 24.7 Å². The summed E-state index contributed by atoms with van der Waals surface area (Å²) in [4.78, 5) is 37.7. The molecule has 16 heteroatoms. The highest BCUT2D eigenvalue weighted by Gasteiger charge is 2.46. The zero-order valence-electron chi connectivity index (χ0n) is 28.2. The van der Waals surface area contributed by atoms with E-state index in [0.717, 1.165) is 30.2 Å². The molecule has 3 heterocycles. The number of nitrogens with zero attached hydrogens (tertiary/aromatic N) is 5. The summed E-state index contributed by atoms with van der Waals surface area (Å²) in [6.07, 6.45) is 2.69. The van der Waals surface area contributed by atoms with Crippen molar-refractivity contribution in [3.8, 4) is 5.75 Å². The minimum absolute atomic E-state index is 0.0343. The van der Waals surface area contributed by atoms with Crippen LogP contribution in [0.5, 0.6) is 5.75 Å². The topological polar surface area (TPSA) is 137 Å². The first-order chi connectivity index (χ1) is 24.3. The van der Waals surface area contributed by atoms with Gasteiger partial charge in [-0.2, -0.15) is 4.31 Å². The first-order valence-corrected chi connectivity index (χ1v) is 20.9. The van der Waals surface area contributed by atoms with Crippen molar-refractivity contribution in [1.29, 1.82) is 0 Å². The minimum Gasteiger partial charge on any atom is -0.493 e. The van der Waals surface area contributed by atoms with E-state index < -0.39 is 38.0 Å². The number of piperazine rings is 1. The fraction of sp³-hybridized carbons (Fsp3) is 0.400. The number of amides is 3. The van der Waals surface area contributed by atoms with Crippen LogP contribution in [0.1, 0.15) is 48.5 Å². The van der Waals surface area contributed by atoms with Gasteiger partial charge in [-0.1, -0.05) is 47.5 Å². The summed E-state index contributed by atoms with van der Waals surface area (Å²) in [7, 11) is -7.09. The number of carbonyl (C=O) groups excluding carboxylic acids is 2. The summed E-state index contributed by atoms with van der Waals surface area (Å²) >= 11 is 12.6. The van der Waals surface area contributed by atoms with Crippen molar-refractivity contribution in [2.24, 2.45) is 4.99 Å². The van der Waals surface area contributed by atoms with Crippen LogP contribution in [0, 0.1) is 0 Å². The molecule has 0 bridgehead atoms. The molecule has 0 spiro atoms. The predicted molar refractivity (Wildman–Crippen MR) is 196 cm³/mol. The number of sulfone groups is 1. The molecule has 0 aromatic heterocycles. The Labute approximate surface area is 308 Å². The average Bonchev–Trinajstić information content (AvgIpc) is 3.78. The van der Waals surface area contributed by atoms with E-state index in [-0.39, 0.29) is 60.9 Å². The number of carbonyl (C=O) groups is 2. The summed E-state index contributed by atoms with van der Waals surface area (Å²) in [5.74, 6) is -0.0801.